The number of carbonyl (C=O) groups excluding carboxylic acids is 2. The number of nitrogens with zero attached hydrogens (tertiary/aromatic N) is 2. The SMILES string of the molecule is COc1cc(NC(C)=O)c(Cl)cc1C(=O)Nc1nnc(CSCc2ccccc2)s1. The molecule has 2 aromatic carbocycles. The Kier molecular flexibility index (Phi) is 7.67. The Morgan fingerprint density at radius 3 is 2.60 bits per heavy atom. The first-order valence-electron chi connectivity index (χ1n) is 8.86. The summed E-state index contributed by atoms with van der Waals surface area (Å²) in [6.45, 7) is 1.37. The predicted octanol–water partition coefficient (Wildman–Crippen LogP) is 4.84. The molecule has 0 aliphatic rings. The first kappa shape index (κ1) is 22.1. The maximum Gasteiger partial charge on any atom is 0.261 e. The molecular weight excluding hydrogens is 444 g/mol. The van der Waals surface area contributed by atoms with Crippen molar-refractivity contribution in [3.8, 4) is 5.75 Å². The van der Waals surface area contributed by atoms with Gasteiger partial charge >= 0.3 is 0 Å². The van der Waals surface area contributed by atoms with Gasteiger partial charge in [-0.1, -0.05) is 53.3 Å². The molecule has 30 heavy (non-hydrogen) atoms. The second-order valence-corrected chi connectivity index (χ2v) is 8.60. The fourth-order valence-electron chi connectivity index (χ4n) is 2.54. The number of hydrogen-bond acceptors (Lipinski definition) is 7. The predicted molar refractivity (Wildman–Crippen MR) is 122 cm³/mol. The van der Waals surface area contributed by atoms with Crippen molar-refractivity contribution in [2.45, 2.75) is 18.4 Å². The van der Waals surface area contributed by atoms with Crippen molar-refractivity contribution in [1.82, 2.24) is 10.2 Å². The minimum absolute atomic E-state index is 0.228. The smallest absolute Gasteiger partial charge is 0.261 e. The van der Waals surface area contributed by atoms with Crippen molar-refractivity contribution in [1.29, 1.82) is 0 Å². The molecule has 0 radical (unpaired) electrons. The minimum Gasteiger partial charge on any atom is -0.496 e. The van der Waals surface area contributed by atoms with E-state index in [4.69, 9.17) is 16.3 Å². The van der Waals surface area contributed by atoms with E-state index in [1.54, 1.807) is 11.8 Å². The molecule has 0 aliphatic carbocycles. The van der Waals surface area contributed by atoms with Gasteiger partial charge in [0.15, 0.2) is 0 Å². The first-order chi connectivity index (χ1) is 14.5. The summed E-state index contributed by atoms with van der Waals surface area (Å²) in [5.74, 6) is 1.15. The van der Waals surface area contributed by atoms with Crippen molar-refractivity contribution in [2.24, 2.45) is 0 Å². The standard InChI is InChI=1S/C20H19ClN4O3S2/c1-12(26)22-16-9-17(28-2)14(8-15(16)21)19(27)23-20-25-24-18(30-20)11-29-10-13-6-4-3-5-7-13/h3-9H,10-11H2,1-2H3,(H,22,26)(H,23,25,27). The van der Waals surface area contributed by atoms with Crippen LogP contribution in [-0.4, -0.2) is 29.1 Å². The van der Waals surface area contributed by atoms with Gasteiger partial charge in [0.2, 0.25) is 11.0 Å². The van der Waals surface area contributed by atoms with Crippen LogP contribution in [-0.2, 0) is 16.3 Å². The second kappa shape index (κ2) is 10.4. The van der Waals surface area contributed by atoms with Gasteiger partial charge in [0.05, 0.1) is 23.4 Å². The van der Waals surface area contributed by atoms with Gasteiger partial charge < -0.3 is 10.1 Å². The molecule has 0 spiro atoms. The molecule has 10 heteroatoms. The third kappa shape index (κ3) is 5.94. The van der Waals surface area contributed by atoms with Gasteiger partial charge in [-0.05, 0) is 11.6 Å². The quantitative estimate of drug-likeness (QED) is 0.497. The number of hydrogen-bond donors (Lipinski definition) is 2. The van der Waals surface area contributed by atoms with E-state index in [0.29, 0.717) is 16.6 Å². The van der Waals surface area contributed by atoms with Crippen LogP contribution in [0.5, 0.6) is 5.75 Å². The molecule has 2 amide bonds. The summed E-state index contributed by atoms with van der Waals surface area (Å²) in [4.78, 5) is 24.0. The number of nitrogens with one attached hydrogen (secondary N) is 2. The molecule has 1 heterocycles. The number of methoxy groups -OCH3 is 1. The molecule has 7 nitrogen and oxygen atoms in total. The van der Waals surface area contributed by atoms with Crippen LogP contribution in [0.3, 0.4) is 0 Å². The highest BCUT2D eigenvalue weighted by Crippen LogP contribution is 2.32. The summed E-state index contributed by atoms with van der Waals surface area (Å²) >= 11 is 9.22. The van der Waals surface area contributed by atoms with E-state index in [2.05, 4.69) is 33.0 Å². The molecule has 3 aromatic rings. The highest BCUT2D eigenvalue weighted by atomic mass is 35.5. The molecule has 0 aliphatic heterocycles. The molecule has 0 bridgehead atoms. The Hall–Kier alpha value is -2.62. The number of ether oxygens (including phenoxy) is 1. The molecule has 3 rings (SSSR count). The zero-order chi connectivity index (χ0) is 21.5. The molecule has 0 saturated heterocycles. The van der Waals surface area contributed by atoms with E-state index >= 15 is 0 Å². The van der Waals surface area contributed by atoms with E-state index in [9.17, 15) is 9.59 Å². The van der Waals surface area contributed by atoms with Crippen LogP contribution in [0.2, 0.25) is 5.02 Å². The molecule has 0 unspecified atom stereocenters. The first-order valence-corrected chi connectivity index (χ1v) is 11.2. The zero-order valence-corrected chi connectivity index (χ0v) is 18.7. The van der Waals surface area contributed by atoms with E-state index in [1.165, 1.54) is 43.1 Å². The fourth-order valence-corrected chi connectivity index (χ4v) is 4.53. The number of rotatable bonds is 8. The number of amides is 2. The molecular formula is C20H19ClN4O3S2. The average Bonchev–Trinajstić information content (AvgIpc) is 3.16. The van der Waals surface area contributed by atoms with E-state index in [0.717, 1.165) is 10.8 Å². The van der Waals surface area contributed by atoms with Gasteiger partial charge in [-0.15, -0.1) is 22.0 Å². The van der Waals surface area contributed by atoms with E-state index in [-0.39, 0.29) is 22.2 Å². The molecule has 1 aromatic heterocycles. The van der Waals surface area contributed by atoms with E-state index in [1.807, 2.05) is 18.2 Å². The van der Waals surface area contributed by atoms with Crippen molar-refractivity contribution in [3.63, 3.8) is 0 Å². The Bertz CT molecular complexity index is 1040. The lowest BCUT2D eigenvalue weighted by molar-refractivity contribution is -0.114. The third-order valence-corrected chi connectivity index (χ3v) is 6.22. The highest BCUT2D eigenvalue weighted by molar-refractivity contribution is 7.97. The third-order valence-electron chi connectivity index (χ3n) is 3.87. The summed E-state index contributed by atoms with van der Waals surface area (Å²) in [5.41, 5.74) is 1.84. The number of carbonyl (C=O) groups is 2. The number of halogens is 1. The van der Waals surface area contributed by atoms with Crippen LogP contribution >= 0.6 is 34.7 Å². The Morgan fingerprint density at radius 1 is 1.13 bits per heavy atom. The Balaban J connectivity index is 1.63. The minimum atomic E-state index is -0.428. The van der Waals surface area contributed by atoms with Crippen LogP contribution in [0, 0.1) is 0 Å². The van der Waals surface area contributed by atoms with Crippen molar-refractivity contribution < 1.29 is 14.3 Å². The Labute approximate surface area is 187 Å². The van der Waals surface area contributed by atoms with Gasteiger partial charge in [-0.3, -0.25) is 14.9 Å². The van der Waals surface area contributed by atoms with Gasteiger partial charge in [0.25, 0.3) is 5.91 Å². The topological polar surface area (TPSA) is 93.2 Å². The number of benzene rings is 2. The molecule has 0 atom stereocenters. The summed E-state index contributed by atoms with van der Waals surface area (Å²) in [6.07, 6.45) is 0. The van der Waals surface area contributed by atoms with Crippen molar-refractivity contribution in [2.75, 3.05) is 17.7 Å². The van der Waals surface area contributed by atoms with Crippen LogP contribution in [0.1, 0.15) is 27.9 Å². The average molecular weight is 463 g/mol. The lowest BCUT2D eigenvalue weighted by Gasteiger charge is -2.12. The summed E-state index contributed by atoms with van der Waals surface area (Å²) in [6, 6.07) is 13.1. The maximum absolute atomic E-state index is 12.7. The maximum atomic E-state index is 12.7. The monoisotopic (exact) mass is 462 g/mol. The normalized spacial score (nSPS) is 10.5. The van der Waals surface area contributed by atoms with Crippen LogP contribution in [0.4, 0.5) is 10.8 Å². The molecule has 0 fully saturated rings. The Morgan fingerprint density at radius 2 is 1.90 bits per heavy atom. The lowest BCUT2D eigenvalue weighted by atomic mass is 10.1. The number of anilines is 2. The molecule has 156 valence electrons. The van der Waals surface area contributed by atoms with Gasteiger partial charge in [0, 0.05) is 24.5 Å². The lowest BCUT2D eigenvalue weighted by Crippen LogP contribution is -2.14. The van der Waals surface area contributed by atoms with Crippen LogP contribution in [0.25, 0.3) is 0 Å². The van der Waals surface area contributed by atoms with E-state index < -0.39 is 5.91 Å². The summed E-state index contributed by atoms with van der Waals surface area (Å²) in [5, 5.41) is 14.9. The van der Waals surface area contributed by atoms with Crippen LogP contribution < -0.4 is 15.4 Å². The number of thioether (sulfide) groups is 1. The summed E-state index contributed by atoms with van der Waals surface area (Å²) in [7, 11) is 1.44. The molecule has 0 saturated carbocycles. The van der Waals surface area contributed by atoms with Crippen LogP contribution in [0.15, 0.2) is 42.5 Å². The fraction of sp³-hybridized carbons (Fsp3) is 0.200. The second-order valence-electron chi connectivity index (χ2n) is 6.15. The van der Waals surface area contributed by atoms with Crippen molar-refractivity contribution >= 4 is 57.3 Å². The highest BCUT2D eigenvalue weighted by Gasteiger charge is 2.18. The van der Waals surface area contributed by atoms with Gasteiger partial charge in [-0.2, -0.15) is 0 Å². The zero-order valence-electron chi connectivity index (χ0n) is 16.3. The van der Waals surface area contributed by atoms with Gasteiger partial charge in [0.1, 0.15) is 10.8 Å². The molecule has 2 N–H and O–H groups in total. The summed E-state index contributed by atoms with van der Waals surface area (Å²) < 4.78 is 5.28. The number of aromatic nitrogens is 2. The van der Waals surface area contributed by atoms with Crippen molar-refractivity contribution in [3.05, 3.63) is 63.6 Å². The largest absolute Gasteiger partial charge is 0.496 e. The van der Waals surface area contributed by atoms with Gasteiger partial charge in [-0.25, -0.2) is 0 Å².